The predicted octanol–water partition coefficient (Wildman–Crippen LogP) is 0.137. The standard InChI is InChI=1S/C11H20N2O2/c1-8-4-10(7-15-8)11(14)13-6-9-2-3-12-5-9/h8-10,12H,2-7H2,1H3,(H,13,14). The van der Waals surface area contributed by atoms with E-state index in [-0.39, 0.29) is 17.9 Å². The van der Waals surface area contributed by atoms with Crippen molar-refractivity contribution in [1.29, 1.82) is 0 Å². The van der Waals surface area contributed by atoms with E-state index >= 15 is 0 Å². The second kappa shape index (κ2) is 4.94. The molecule has 2 fully saturated rings. The average molecular weight is 212 g/mol. The smallest absolute Gasteiger partial charge is 0.225 e. The van der Waals surface area contributed by atoms with Crippen LogP contribution in [0, 0.1) is 11.8 Å². The first kappa shape index (κ1) is 10.9. The summed E-state index contributed by atoms with van der Waals surface area (Å²) >= 11 is 0. The van der Waals surface area contributed by atoms with Gasteiger partial charge in [-0.2, -0.15) is 0 Å². The molecule has 2 rings (SSSR count). The second-order valence-electron chi connectivity index (χ2n) is 4.68. The van der Waals surface area contributed by atoms with Gasteiger partial charge in [-0.05, 0) is 38.8 Å². The van der Waals surface area contributed by atoms with Gasteiger partial charge in [0.2, 0.25) is 5.91 Å². The maximum atomic E-state index is 11.7. The van der Waals surface area contributed by atoms with E-state index in [9.17, 15) is 4.79 Å². The van der Waals surface area contributed by atoms with Gasteiger partial charge >= 0.3 is 0 Å². The van der Waals surface area contributed by atoms with Crippen LogP contribution in [0.1, 0.15) is 19.8 Å². The molecule has 2 N–H and O–H groups in total. The van der Waals surface area contributed by atoms with Crippen LogP contribution < -0.4 is 10.6 Å². The molecule has 86 valence electrons. The van der Waals surface area contributed by atoms with Gasteiger partial charge in [0.15, 0.2) is 0 Å². The van der Waals surface area contributed by atoms with E-state index in [1.807, 2.05) is 6.92 Å². The Hall–Kier alpha value is -0.610. The van der Waals surface area contributed by atoms with Crippen LogP contribution in [0.25, 0.3) is 0 Å². The SMILES string of the molecule is CC1CC(C(=O)NCC2CCNC2)CO1. The van der Waals surface area contributed by atoms with E-state index in [1.165, 1.54) is 6.42 Å². The van der Waals surface area contributed by atoms with Gasteiger partial charge in [0, 0.05) is 6.54 Å². The van der Waals surface area contributed by atoms with Crippen molar-refractivity contribution in [2.45, 2.75) is 25.9 Å². The molecule has 3 atom stereocenters. The molecular weight excluding hydrogens is 192 g/mol. The summed E-state index contributed by atoms with van der Waals surface area (Å²) in [6, 6.07) is 0. The lowest BCUT2D eigenvalue weighted by atomic mass is 10.0. The third-order valence-electron chi connectivity index (χ3n) is 3.30. The maximum absolute atomic E-state index is 11.7. The van der Waals surface area contributed by atoms with Crippen LogP contribution in [0.3, 0.4) is 0 Å². The van der Waals surface area contributed by atoms with Crippen LogP contribution in [-0.4, -0.2) is 38.3 Å². The normalized spacial score (nSPS) is 35.7. The largest absolute Gasteiger partial charge is 0.378 e. The highest BCUT2D eigenvalue weighted by molar-refractivity contribution is 5.79. The molecule has 2 aliphatic heterocycles. The third kappa shape index (κ3) is 2.92. The molecule has 0 saturated carbocycles. The molecule has 0 aromatic carbocycles. The molecule has 0 aromatic heterocycles. The van der Waals surface area contributed by atoms with Gasteiger partial charge in [-0.1, -0.05) is 0 Å². The minimum atomic E-state index is 0.0781. The van der Waals surface area contributed by atoms with Crippen LogP contribution in [0.2, 0.25) is 0 Å². The molecule has 0 aromatic rings. The van der Waals surface area contributed by atoms with Crippen LogP contribution in [0.15, 0.2) is 0 Å². The van der Waals surface area contributed by atoms with E-state index in [2.05, 4.69) is 10.6 Å². The number of carbonyl (C=O) groups excluding carboxylic acids is 1. The highest BCUT2D eigenvalue weighted by atomic mass is 16.5. The number of carbonyl (C=O) groups is 1. The van der Waals surface area contributed by atoms with Crippen molar-refractivity contribution in [3.05, 3.63) is 0 Å². The maximum Gasteiger partial charge on any atom is 0.225 e. The Balaban J connectivity index is 1.67. The lowest BCUT2D eigenvalue weighted by molar-refractivity contribution is -0.125. The zero-order valence-electron chi connectivity index (χ0n) is 9.29. The van der Waals surface area contributed by atoms with Gasteiger partial charge in [-0.3, -0.25) is 4.79 Å². The van der Waals surface area contributed by atoms with E-state index < -0.39 is 0 Å². The van der Waals surface area contributed by atoms with E-state index in [0.29, 0.717) is 12.5 Å². The fraction of sp³-hybridized carbons (Fsp3) is 0.909. The van der Waals surface area contributed by atoms with Gasteiger partial charge in [-0.15, -0.1) is 0 Å². The average Bonchev–Trinajstić information content (AvgIpc) is 2.84. The summed E-state index contributed by atoms with van der Waals surface area (Å²) in [6.45, 7) is 5.56. The minimum Gasteiger partial charge on any atom is -0.378 e. The molecule has 2 heterocycles. The number of hydrogen-bond acceptors (Lipinski definition) is 3. The van der Waals surface area contributed by atoms with E-state index in [0.717, 1.165) is 26.1 Å². The molecule has 0 aliphatic carbocycles. The fourth-order valence-electron chi connectivity index (χ4n) is 2.28. The second-order valence-corrected chi connectivity index (χ2v) is 4.68. The van der Waals surface area contributed by atoms with Crippen molar-refractivity contribution >= 4 is 5.91 Å². The molecule has 3 unspecified atom stereocenters. The summed E-state index contributed by atoms with van der Waals surface area (Å²) in [5, 5.41) is 6.32. The molecule has 4 nitrogen and oxygen atoms in total. The number of nitrogens with one attached hydrogen (secondary N) is 2. The Kier molecular flexibility index (Phi) is 3.59. The summed E-state index contributed by atoms with van der Waals surface area (Å²) in [7, 11) is 0. The first-order valence-corrected chi connectivity index (χ1v) is 5.85. The summed E-state index contributed by atoms with van der Waals surface area (Å²) in [6.07, 6.45) is 2.29. The van der Waals surface area contributed by atoms with Gasteiger partial charge < -0.3 is 15.4 Å². The number of ether oxygens (including phenoxy) is 1. The lowest BCUT2D eigenvalue weighted by Crippen LogP contribution is -2.35. The summed E-state index contributed by atoms with van der Waals surface area (Å²) in [4.78, 5) is 11.7. The molecule has 2 saturated heterocycles. The summed E-state index contributed by atoms with van der Waals surface area (Å²) < 4.78 is 5.39. The summed E-state index contributed by atoms with van der Waals surface area (Å²) in [5.41, 5.74) is 0. The molecule has 0 radical (unpaired) electrons. The Bertz CT molecular complexity index is 227. The lowest BCUT2D eigenvalue weighted by Gasteiger charge is -2.12. The molecule has 1 amide bonds. The molecule has 2 aliphatic rings. The molecule has 15 heavy (non-hydrogen) atoms. The van der Waals surface area contributed by atoms with Crippen LogP contribution in [-0.2, 0) is 9.53 Å². The molecule has 0 bridgehead atoms. The van der Waals surface area contributed by atoms with Crippen molar-refractivity contribution < 1.29 is 9.53 Å². The topological polar surface area (TPSA) is 50.4 Å². The van der Waals surface area contributed by atoms with Crippen molar-refractivity contribution in [3.8, 4) is 0 Å². The van der Waals surface area contributed by atoms with Crippen molar-refractivity contribution in [2.24, 2.45) is 11.8 Å². The first-order chi connectivity index (χ1) is 7.25. The number of amides is 1. The molecule has 0 spiro atoms. The van der Waals surface area contributed by atoms with Crippen molar-refractivity contribution in [2.75, 3.05) is 26.2 Å². The Morgan fingerprint density at radius 3 is 3.07 bits per heavy atom. The zero-order valence-corrected chi connectivity index (χ0v) is 9.29. The Morgan fingerprint density at radius 1 is 1.60 bits per heavy atom. The number of rotatable bonds is 3. The highest BCUT2D eigenvalue weighted by Gasteiger charge is 2.28. The fourth-order valence-corrected chi connectivity index (χ4v) is 2.28. The monoisotopic (exact) mass is 212 g/mol. The van der Waals surface area contributed by atoms with Crippen LogP contribution >= 0.6 is 0 Å². The molecular formula is C11H20N2O2. The van der Waals surface area contributed by atoms with E-state index in [4.69, 9.17) is 4.74 Å². The minimum absolute atomic E-state index is 0.0781. The number of hydrogen-bond donors (Lipinski definition) is 2. The predicted molar refractivity (Wildman–Crippen MR) is 57.5 cm³/mol. The van der Waals surface area contributed by atoms with Crippen LogP contribution in [0.5, 0.6) is 0 Å². The van der Waals surface area contributed by atoms with Crippen molar-refractivity contribution in [3.63, 3.8) is 0 Å². The van der Waals surface area contributed by atoms with Gasteiger partial charge in [0.05, 0.1) is 18.6 Å². The summed E-state index contributed by atoms with van der Waals surface area (Å²) in [5.74, 6) is 0.870. The van der Waals surface area contributed by atoms with Crippen molar-refractivity contribution in [1.82, 2.24) is 10.6 Å². The quantitative estimate of drug-likeness (QED) is 0.699. The van der Waals surface area contributed by atoms with Gasteiger partial charge in [-0.25, -0.2) is 0 Å². The van der Waals surface area contributed by atoms with Gasteiger partial charge in [0.1, 0.15) is 0 Å². The molecule has 4 heteroatoms. The van der Waals surface area contributed by atoms with Crippen LogP contribution in [0.4, 0.5) is 0 Å². The first-order valence-electron chi connectivity index (χ1n) is 5.85. The highest BCUT2D eigenvalue weighted by Crippen LogP contribution is 2.19. The Morgan fingerprint density at radius 2 is 2.47 bits per heavy atom. The van der Waals surface area contributed by atoms with E-state index in [1.54, 1.807) is 0 Å². The Labute approximate surface area is 90.8 Å². The third-order valence-corrected chi connectivity index (χ3v) is 3.30. The zero-order chi connectivity index (χ0) is 10.7. The van der Waals surface area contributed by atoms with Gasteiger partial charge in [0.25, 0.3) is 0 Å².